The lowest BCUT2D eigenvalue weighted by atomic mass is 9.72. The smallest absolute Gasteiger partial charge is 0.243 e. The third-order valence-corrected chi connectivity index (χ3v) is 8.09. The average molecular weight is 430 g/mol. The standard InChI is InChI=1S/C22H27N3O4S/c26-21(24-13-8-18-6-11-23-12-7-18)20-16-25(17-22(20)9-14-29-15-10-22)30(27,28)19-4-2-1-3-5-19/h1-7,11-12,20H,8-10,13-17H2,(H,24,26). The highest BCUT2D eigenvalue weighted by atomic mass is 32.2. The predicted molar refractivity (Wildman–Crippen MR) is 112 cm³/mol. The molecule has 1 aromatic carbocycles. The van der Waals surface area contributed by atoms with Crippen molar-refractivity contribution in [2.45, 2.75) is 24.2 Å². The second kappa shape index (κ2) is 8.83. The van der Waals surface area contributed by atoms with Gasteiger partial charge in [0, 0.05) is 50.7 Å². The number of carbonyl (C=O) groups is 1. The molecular formula is C22H27N3O4S. The van der Waals surface area contributed by atoms with Crippen LogP contribution in [0.4, 0.5) is 0 Å². The molecular weight excluding hydrogens is 402 g/mol. The fourth-order valence-electron chi connectivity index (χ4n) is 4.50. The van der Waals surface area contributed by atoms with Crippen molar-refractivity contribution in [3.05, 3.63) is 60.4 Å². The molecule has 1 N–H and O–H groups in total. The molecule has 1 aromatic heterocycles. The summed E-state index contributed by atoms with van der Waals surface area (Å²) in [6.07, 6.45) is 5.56. The molecule has 0 aliphatic carbocycles. The molecule has 4 rings (SSSR count). The van der Waals surface area contributed by atoms with Gasteiger partial charge in [0.25, 0.3) is 0 Å². The first-order valence-electron chi connectivity index (χ1n) is 10.3. The van der Waals surface area contributed by atoms with Crippen LogP contribution in [0.25, 0.3) is 0 Å². The molecule has 0 bridgehead atoms. The van der Waals surface area contributed by atoms with Crippen molar-refractivity contribution >= 4 is 15.9 Å². The van der Waals surface area contributed by atoms with E-state index in [1.165, 1.54) is 4.31 Å². The molecule has 0 radical (unpaired) electrons. The van der Waals surface area contributed by atoms with E-state index in [0.717, 1.165) is 5.56 Å². The van der Waals surface area contributed by atoms with E-state index < -0.39 is 10.0 Å². The number of sulfonamides is 1. The summed E-state index contributed by atoms with van der Waals surface area (Å²) in [6, 6.07) is 12.3. The van der Waals surface area contributed by atoms with Crippen LogP contribution in [0.15, 0.2) is 59.8 Å². The van der Waals surface area contributed by atoms with E-state index in [-0.39, 0.29) is 28.7 Å². The number of pyridine rings is 1. The maximum absolute atomic E-state index is 13.2. The van der Waals surface area contributed by atoms with Gasteiger partial charge >= 0.3 is 0 Å². The number of nitrogens with zero attached hydrogens (tertiary/aromatic N) is 2. The van der Waals surface area contributed by atoms with Crippen LogP contribution in [0.5, 0.6) is 0 Å². The van der Waals surface area contributed by atoms with Gasteiger partial charge in [-0.25, -0.2) is 8.42 Å². The molecule has 2 saturated heterocycles. The van der Waals surface area contributed by atoms with E-state index in [1.54, 1.807) is 42.7 Å². The van der Waals surface area contributed by atoms with Crippen molar-refractivity contribution < 1.29 is 17.9 Å². The fraction of sp³-hybridized carbons (Fsp3) is 0.455. The van der Waals surface area contributed by atoms with E-state index in [1.807, 2.05) is 12.1 Å². The largest absolute Gasteiger partial charge is 0.381 e. The lowest BCUT2D eigenvalue weighted by molar-refractivity contribution is -0.129. The summed E-state index contributed by atoms with van der Waals surface area (Å²) in [5.74, 6) is -0.450. The average Bonchev–Trinajstić information content (AvgIpc) is 3.15. The van der Waals surface area contributed by atoms with Crippen molar-refractivity contribution in [3.8, 4) is 0 Å². The van der Waals surface area contributed by atoms with E-state index >= 15 is 0 Å². The number of hydrogen-bond acceptors (Lipinski definition) is 5. The number of rotatable bonds is 6. The van der Waals surface area contributed by atoms with Crippen molar-refractivity contribution in [2.75, 3.05) is 32.8 Å². The number of carbonyl (C=O) groups excluding carboxylic acids is 1. The topological polar surface area (TPSA) is 88.6 Å². The second-order valence-electron chi connectivity index (χ2n) is 8.03. The Morgan fingerprint density at radius 3 is 2.53 bits per heavy atom. The molecule has 1 spiro atoms. The van der Waals surface area contributed by atoms with Crippen LogP contribution in [0.2, 0.25) is 0 Å². The van der Waals surface area contributed by atoms with E-state index in [9.17, 15) is 13.2 Å². The Morgan fingerprint density at radius 2 is 1.83 bits per heavy atom. The highest BCUT2D eigenvalue weighted by molar-refractivity contribution is 7.89. The van der Waals surface area contributed by atoms with Gasteiger partial charge in [-0.3, -0.25) is 9.78 Å². The zero-order valence-electron chi connectivity index (χ0n) is 16.9. The maximum Gasteiger partial charge on any atom is 0.243 e. The Morgan fingerprint density at radius 1 is 1.13 bits per heavy atom. The summed E-state index contributed by atoms with van der Waals surface area (Å²) in [7, 11) is -3.64. The van der Waals surface area contributed by atoms with Gasteiger partial charge in [0.15, 0.2) is 0 Å². The van der Waals surface area contributed by atoms with Crippen molar-refractivity contribution in [2.24, 2.45) is 11.3 Å². The van der Waals surface area contributed by atoms with E-state index in [0.29, 0.717) is 45.6 Å². The fourth-order valence-corrected chi connectivity index (χ4v) is 6.07. The number of hydrogen-bond donors (Lipinski definition) is 1. The molecule has 8 heteroatoms. The minimum absolute atomic E-state index is 0.0725. The third-order valence-electron chi connectivity index (χ3n) is 6.26. The number of benzene rings is 1. The zero-order valence-corrected chi connectivity index (χ0v) is 17.7. The summed E-state index contributed by atoms with van der Waals surface area (Å²) in [5, 5.41) is 3.03. The number of nitrogens with one attached hydrogen (secondary N) is 1. The van der Waals surface area contributed by atoms with Gasteiger partial charge in [-0.2, -0.15) is 4.31 Å². The first-order chi connectivity index (χ1) is 14.5. The molecule has 1 atom stereocenters. The van der Waals surface area contributed by atoms with Gasteiger partial charge in [0.2, 0.25) is 15.9 Å². The number of aromatic nitrogens is 1. The molecule has 2 aliphatic rings. The molecule has 2 aliphatic heterocycles. The highest BCUT2D eigenvalue weighted by Crippen LogP contribution is 2.46. The molecule has 1 unspecified atom stereocenters. The Bertz CT molecular complexity index is 960. The van der Waals surface area contributed by atoms with Crippen LogP contribution >= 0.6 is 0 Å². The van der Waals surface area contributed by atoms with Crippen LogP contribution in [-0.2, 0) is 26.0 Å². The molecule has 7 nitrogen and oxygen atoms in total. The first kappa shape index (κ1) is 21.0. The Hall–Kier alpha value is -2.29. The predicted octanol–water partition coefficient (Wildman–Crippen LogP) is 1.86. The van der Waals surface area contributed by atoms with Crippen molar-refractivity contribution in [1.82, 2.24) is 14.6 Å². The molecule has 30 heavy (non-hydrogen) atoms. The molecule has 160 valence electrons. The normalized spacial score (nSPS) is 21.5. The lowest BCUT2D eigenvalue weighted by Crippen LogP contribution is -2.44. The second-order valence-corrected chi connectivity index (χ2v) is 9.97. The van der Waals surface area contributed by atoms with Gasteiger partial charge in [-0.15, -0.1) is 0 Å². The number of ether oxygens (including phenoxy) is 1. The van der Waals surface area contributed by atoms with Crippen molar-refractivity contribution in [3.63, 3.8) is 0 Å². The van der Waals surface area contributed by atoms with E-state index in [2.05, 4.69) is 10.3 Å². The Labute approximate surface area is 177 Å². The summed E-state index contributed by atoms with van der Waals surface area (Å²) >= 11 is 0. The first-order valence-corrected chi connectivity index (χ1v) is 11.7. The Kier molecular flexibility index (Phi) is 6.17. The molecule has 3 heterocycles. The summed E-state index contributed by atoms with van der Waals surface area (Å²) in [4.78, 5) is 17.4. The highest BCUT2D eigenvalue weighted by Gasteiger charge is 2.53. The van der Waals surface area contributed by atoms with Gasteiger partial charge in [0.05, 0.1) is 10.8 Å². The maximum atomic E-state index is 13.2. The van der Waals surface area contributed by atoms with Gasteiger partial charge < -0.3 is 10.1 Å². The van der Waals surface area contributed by atoms with Crippen molar-refractivity contribution in [1.29, 1.82) is 0 Å². The lowest BCUT2D eigenvalue weighted by Gasteiger charge is -2.37. The molecule has 2 fully saturated rings. The van der Waals surface area contributed by atoms with Crippen LogP contribution < -0.4 is 5.32 Å². The minimum Gasteiger partial charge on any atom is -0.381 e. The van der Waals surface area contributed by atoms with Gasteiger partial charge in [-0.1, -0.05) is 18.2 Å². The van der Waals surface area contributed by atoms with Gasteiger partial charge in [0.1, 0.15) is 0 Å². The SMILES string of the molecule is O=C(NCCc1ccncc1)C1CN(S(=O)(=O)c2ccccc2)CC12CCOCC2. The quantitative estimate of drug-likeness (QED) is 0.757. The molecule has 0 saturated carbocycles. The third kappa shape index (κ3) is 4.26. The van der Waals surface area contributed by atoms with E-state index in [4.69, 9.17) is 4.74 Å². The van der Waals surface area contributed by atoms with Gasteiger partial charge in [-0.05, 0) is 49.1 Å². The number of amides is 1. The van der Waals surface area contributed by atoms with Crippen LogP contribution in [-0.4, -0.2) is 56.5 Å². The van der Waals surface area contributed by atoms with Crippen LogP contribution in [0.1, 0.15) is 18.4 Å². The summed E-state index contributed by atoms with van der Waals surface area (Å²) in [6.45, 7) is 2.19. The Balaban J connectivity index is 1.49. The molecule has 1 amide bonds. The van der Waals surface area contributed by atoms with Crippen LogP contribution in [0, 0.1) is 11.3 Å². The summed E-state index contributed by atoms with van der Waals surface area (Å²) < 4.78 is 33.4. The summed E-state index contributed by atoms with van der Waals surface area (Å²) in [5.41, 5.74) is 0.728. The van der Waals surface area contributed by atoms with Crippen LogP contribution in [0.3, 0.4) is 0 Å². The molecule has 2 aromatic rings. The zero-order chi connectivity index (χ0) is 21.0. The monoisotopic (exact) mass is 429 g/mol. The minimum atomic E-state index is -3.64.